The Morgan fingerprint density at radius 2 is 1.97 bits per heavy atom. The first-order chi connectivity index (χ1) is 18.1. The van der Waals surface area contributed by atoms with Gasteiger partial charge in [-0.05, 0) is 67.2 Å². The van der Waals surface area contributed by atoms with Gasteiger partial charge in [0, 0.05) is 23.8 Å². The van der Waals surface area contributed by atoms with Gasteiger partial charge in [-0.1, -0.05) is 28.9 Å². The van der Waals surface area contributed by atoms with Crippen LogP contribution in [-0.2, 0) is 5.44 Å². The molecule has 0 aliphatic heterocycles. The van der Waals surface area contributed by atoms with Gasteiger partial charge in [-0.3, -0.25) is 4.98 Å². The fourth-order valence-corrected chi connectivity index (χ4v) is 5.45. The monoisotopic (exact) mass is 549 g/mol. The van der Waals surface area contributed by atoms with Gasteiger partial charge < -0.3 is 10.6 Å². The molecule has 0 amide bonds. The van der Waals surface area contributed by atoms with Gasteiger partial charge in [-0.25, -0.2) is 19.1 Å². The Morgan fingerprint density at radius 1 is 1.24 bits per heavy atom. The van der Waals surface area contributed by atoms with Crippen molar-refractivity contribution in [3.8, 4) is 6.07 Å². The second-order valence-corrected chi connectivity index (χ2v) is 15.8. The smallest absolute Gasteiger partial charge is 0.148 e. The molecule has 2 heterocycles. The van der Waals surface area contributed by atoms with E-state index >= 15 is 0 Å². The molecule has 1 atom stereocenters. The van der Waals surface area contributed by atoms with Gasteiger partial charge in [0.05, 0.1) is 39.5 Å². The normalized spacial score (nSPS) is 15.6. The van der Waals surface area contributed by atoms with Crippen molar-refractivity contribution in [1.82, 2.24) is 20.0 Å². The van der Waals surface area contributed by atoms with Crippen LogP contribution in [0, 0.1) is 17.1 Å². The van der Waals surface area contributed by atoms with E-state index in [1.807, 2.05) is 30.9 Å². The molecule has 5 rings (SSSR count). The number of aromatic nitrogens is 4. The van der Waals surface area contributed by atoms with Crippen molar-refractivity contribution in [1.29, 1.82) is 5.26 Å². The number of rotatable bonds is 9. The van der Waals surface area contributed by atoms with E-state index in [1.54, 1.807) is 18.3 Å². The highest BCUT2D eigenvalue weighted by Crippen LogP contribution is 2.39. The van der Waals surface area contributed by atoms with E-state index in [0.29, 0.717) is 27.8 Å². The first-order valence-electron chi connectivity index (χ1n) is 12.5. The molecule has 2 aromatic heterocycles. The fourth-order valence-electron chi connectivity index (χ4n) is 4.47. The highest BCUT2D eigenvalue weighted by atomic mass is 35.5. The second kappa shape index (κ2) is 10.1. The Kier molecular flexibility index (Phi) is 7.01. The van der Waals surface area contributed by atoms with Gasteiger partial charge >= 0.3 is 0 Å². The van der Waals surface area contributed by atoms with Crippen LogP contribution in [0.1, 0.15) is 35.7 Å². The van der Waals surface area contributed by atoms with Crippen molar-refractivity contribution in [3.63, 3.8) is 0 Å². The first kappa shape index (κ1) is 26.3. The van der Waals surface area contributed by atoms with E-state index in [0.717, 1.165) is 47.5 Å². The quantitative estimate of drug-likeness (QED) is 0.289. The zero-order valence-electron chi connectivity index (χ0n) is 21.9. The molecule has 0 spiro atoms. The molecule has 1 saturated carbocycles. The summed E-state index contributed by atoms with van der Waals surface area (Å²) in [6, 6.07) is 12.8. The van der Waals surface area contributed by atoms with Gasteiger partial charge in [0.25, 0.3) is 0 Å². The molecule has 1 fully saturated rings. The number of pyridine rings is 1. The Morgan fingerprint density at radius 3 is 2.63 bits per heavy atom. The number of hydrogen-bond acceptors (Lipinski definition) is 6. The van der Waals surface area contributed by atoms with Crippen molar-refractivity contribution < 1.29 is 4.39 Å². The van der Waals surface area contributed by atoms with Gasteiger partial charge in [0.2, 0.25) is 0 Å². The number of halogens is 2. The molecule has 0 bridgehead atoms. The predicted octanol–water partition coefficient (Wildman–Crippen LogP) is 4.88. The van der Waals surface area contributed by atoms with Crippen molar-refractivity contribution >= 4 is 51.8 Å². The van der Waals surface area contributed by atoms with E-state index < -0.39 is 15.5 Å². The lowest BCUT2D eigenvalue weighted by atomic mass is 9.69. The lowest BCUT2D eigenvalue weighted by Gasteiger charge is -2.31. The van der Waals surface area contributed by atoms with Crippen LogP contribution in [0.15, 0.2) is 48.8 Å². The van der Waals surface area contributed by atoms with E-state index in [1.165, 1.54) is 12.1 Å². The molecule has 0 saturated heterocycles. The highest BCUT2D eigenvalue weighted by molar-refractivity contribution is 8.32. The lowest BCUT2D eigenvalue weighted by Crippen LogP contribution is -2.37. The van der Waals surface area contributed by atoms with Crippen molar-refractivity contribution in [2.45, 2.75) is 24.3 Å². The number of hydrogen-bond donors (Lipinski definition) is 2. The maximum atomic E-state index is 13.8. The number of anilines is 2. The summed E-state index contributed by atoms with van der Waals surface area (Å²) in [7, 11) is 1.28. The average Bonchev–Trinajstić information content (AvgIpc) is 3.59. The number of nitrogens with zero attached hydrogens (tertiary/aromatic N) is 5. The SMILES string of the molecule is BC(Nc1cc(Cl)c2ncc(C#N)c(NCCS(C)(C)C)c2c1)(c1ccc(F)cc1)c1cn(C2CC2)nn1. The molecule has 2 N–H and O–H groups in total. The Bertz CT molecular complexity index is 1530. The van der Waals surface area contributed by atoms with Gasteiger partial charge in [-0.2, -0.15) is 5.26 Å². The highest BCUT2D eigenvalue weighted by Gasteiger charge is 2.34. The summed E-state index contributed by atoms with van der Waals surface area (Å²) >= 11 is 6.74. The summed E-state index contributed by atoms with van der Waals surface area (Å²) < 4.78 is 15.7. The van der Waals surface area contributed by atoms with E-state index in [2.05, 4.69) is 50.8 Å². The molecule has 2 aromatic carbocycles. The zero-order chi connectivity index (χ0) is 27.1. The maximum absolute atomic E-state index is 13.8. The molecule has 7 nitrogen and oxygen atoms in total. The first-order valence-corrected chi connectivity index (χ1v) is 15.9. The third-order valence-corrected chi connectivity index (χ3v) is 8.54. The van der Waals surface area contributed by atoms with Crippen LogP contribution >= 0.6 is 21.6 Å². The van der Waals surface area contributed by atoms with Crippen LogP contribution in [0.5, 0.6) is 0 Å². The second-order valence-electron chi connectivity index (χ2n) is 10.8. The predicted molar refractivity (Wildman–Crippen MR) is 158 cm³/mol. The molecule has 11 heteroatoms. The molecule has 38 heavy (non-hydrogen) atoms. The average molecular weight is 550 g/mol. The Hall–Kier alpha value is -3.29. The largest absolute Gasteiger partial charge is 0.383 e. The number of nitrogens with one attached hydrogen (secondary N) is 2. The van der Waals surface area contributed by atoms with Gasteiger partial charge in [0.1, 0.15) is 25.4 Å². The van der Waals surface area contributed by atoms with E-state index in [-0.39, 0.29) is 5.82 Å². The fraction of sp³-hybridized carbons (Fsp3) is 0.333. The van der Waals surface area contributed by atoms with Crippen molar-refractivity contribution in [3.05, 3.63) is 76.5 Å². The van der Waals surface area contributed by atoms with Crippen LogP contribution in [0.25, 0.3) is 10.9 Å². The minimum Gasteiger partial charge on any atom is -0.383 e. The standard InChI is InChI=1S/C27H30BClFN7S/c1-38(2,3)11-10-32-25-17(14-31)15-33-26-22(25)12-20(13-23(26)29)34-27(28,18-4-6-19(30)7-5-18)24-16-37(36-35-24)21-8-9-21/h4-7,12-13,15-16,21,34H,8-11,28H2,1-3H3,(H,32,33). The zero-order valence-corrected chi connectivity index (χ0v) is 23.5. The molecular formula is C27H30BClFN7S. The van der Waals surface area contributed by atoms with Crippen LogP contribution in [-0.4, -0.2) is 58.9 Å². The topological polar surface area (TPSA) is 91.5 Å². The molecular weight excluding hydrogens is 520 g/mol. The van der Waals surface area contributed by atoms with E-state index in [9.17, 15) is 9.65 Å². The molecule has 0 radical (unpaired) electrons. The van der Waals surface area contributed by atoms with Gasteiger partial charge in [-0.15, -0.1) is 5.10 Å². The minimum absolute atomic E-state index is 0.311. The van der Waals surface area contributed by atoms with Gasteiger partial charge in [0.15, 0.2) is 0 Å². The lowest BCUT2D eigenvalue weighted by molar-refractivity contribution is 0.610. The third-order valence-electron chi connectivity index (χ3n) is 6.82. The van der Waals surface area contributed by atoms with Crippen LogP contribution < -0.4 is 10.6 Å². The van der Waals surface area contributed by atoms with Crippen molar-refractivity contribution in [2.75, 3.05) is 41.7 Å². The van der Waals surface area contributed by atoms with Crippen LogP contribution in [0.3, 0.4) is 0 Å². The van der Waals surface area contributed by atoms with Crippen LogP contribution in [0.4, 0.5) is 15.8 Å². The van der Waals surface area contributed by atoms with Crippen LogP contribution in [0.2, 0.25) is 5.02 Å². The molecule has 196 valence electrons. The summed E-state index contributed by atoms with van der Waals surface area (Å²) in [5.74, 6) is 0.696. The molecule has 4 aromatic rings. The summed E-state index contributed by atoms with van der Waals surface area (Å²) in [6.45, 7) is 0.736. The third kappa shape index (κ3) is 5.45. The molecule has 1 aliphatic carbocycles. The summed E-state index contributed by atoms with van der Waals surface area (Å²) in [5, 5.41) is 27.0. The minimum atomic E-state index is -0.832. The molecule has 1 aliphatic rings. The van der Waals surface area contributed by atoms with Crippen molar-refractivity contribution in [2.24, 2.45) is 0 Å². The Labute approximate surface area is 229 Å². The maximum Gasteiger partial charge on any atom is 0.148 e. The number of benzene rings is 2. The molecule has 1 unspecified atom stereocenters. The number of fused-ring (bicyclic) bond motifs is 1. The summed E-state index contributed by atoms with van der Waals surface area (Å²) in [4.78, 5) is 4.48. The summed E-state index contributed by atoms with van der Waals surface area (Å²) in [5.41, 5.74) is 3.22. The number of nitriles is 1. The summed E-state index contributed by atoms with van der Waals surface area (Å²) in [6.07, 6.45) is 12.5. The Balaban J connectivity index is 1.58. The van der Waals surface area contributed by atoms with E-state index in [4.69, 9.17) is 11.6 Å².